The van der Waals surface area contributed by atoms with Gasteiger partial charge in [0.2, 0.25) is 0 Å². The van der Waals surface area contributed by atoms with Gasteiger partial charge in [0.05, 0.1) is 25.0 Å². The minimum Gasteiger partial charge on any atom is -0.493 e. The van der Waals surface area contributed by atoms with Gasteiger partial charge >= 0.3 is 0 Å². The molecule has 0 aliphatic rings. The Hall–Kier alpha value is -2.05. The molecule has 0 aromatic heterocycles. The highest BCUT2D eigenvalue weighted by Gasteiger charge is 2.11. The zero-order valence-corrected chi connectivity index (χ0v) is 18.3. The van der Waals surface area contributed by atoms with E-state index in [1.807, 2.05) is 0 Å². The highest BCUT2D eigenvalue weighted by Crippen LogP contribution is 2.36. The van der Waals surface area contributed by atoms with Crippen molar-refractivity contribution in [1.82, 2.24) is 5.43 Å². The molecule has 150 valence electrons. The molecule has 7 heteroatoms. The third-order valence-electron chi connectivity index (χ3n) is 3.98. The van der Waals surface area contributed by atoms with Gasteiger partial charge in [0, 0.05) is 10.0 Å². The van der Waals surface area contributed by atoms with Crippen LogP contribution in [-0.2, 0) is 0 Å². The number of unbranched alkanes of at least 4 members (excludes halogenated alkanes) is 3. The van der Waals surface area contributed by atoms with Crippen molar-refractivity contribution in [2.24, 2.45) is 5.10 Å². The van der Waals surface area contributed by atoms with E-state index in [-0.39, 0.29) is 5.91 Å². The summed E-state index contributed by atoms with van der Waals surface area (Å²) in [6.45, 7) is 2.76. The van der Waals surface area contributed by atoms with Gasteiger partial charge in [-0.1, -0.05) is 53.7 Å². The van der Waals surface area contributed by atoms with Crippen LogP contribution in [0.4, 0.5) is 0 Å². The summed E-state index contributed by atoms with van der Waals surface area (Å²) in [5, 5.41) is 4.43. The number of nitrogens with zero attached hydrogens (tertiary/aromatic N) is 1. The van der Waals surface area contributed by atoms with Crippen LogP contribution in [0.15, 0.2) is 46.0 Å². The number of carbonyl (C=O) groups excluding carboxylic acids is 1. The molecule has 0 saturated carbocycles. The monoisotopic (exact) mass is 466 g/mol. The molecule has 2 aromatic carbocycles. The number of benzene rings is 2. The molecule has 0 bridgehead atoms. The molecule has 0 aliphatic carbocycles. The Morgan fingerprint density at radius 1 is 1.21 bits per heavy atom. The lowest BCUT2D eigenvalue weighted by atomic mass is 10.2. The van der Waals surface area contributed by atoms with Crippen LogP contribution in [-0.4, -0.2) is 25.8 Å². The number of hydrazone groups is 1. The molecule has 0 atom stereocenters. The Bertz CT molecular complexity index is 810. The first-order valence-corrected chi connectivity index (χ1v) is 10.3. The van der Waals surface area contributed by atoms with Gasteiger partial charge in [-0.3, -0.25) is 4.79 Å². The quantitative estimate of drug-likeness (QED) is 0.271. The zero-order valence-electron chi connectivity index (χ0n) is 16.0. The van der Waals surface area contributed by atoms with Crippen LogP contribution in [0.3, 0.4) is 0 Å². The Kier molecular flexibility index (Phi) is 9.31. The third-order valence-corrected chi connectivity index (χ3v) is 4.79. The molecule has 28 heavy (non-hydrogen) atoms. The predicted octanol–water partition coefficient (Wildman–Crippen LogP) is 5.83. The first-order valence-electron chi connectivity index (χ1n) is 9.14. The maximum absolute atomic E-state index is 12.1. The standard InChI is InChI=1S/C21H24BrClN2O3/c1-3-4-5-6-11-28-20-18(23)12-15(13-19(20)27-2)14-24-25-21(26)16-7-9-17(22)10-8-16/h7-10,12-14H,3-6,11H2,1-2H3,(H,25,26)/b24-14+. The summed E-state index contributed by atoms with van der Waals surface area (Å²) < 4.78 is 12.1. The molecule has 0 aliphatic heterocycles. The van der Waals surface area contributed by atoms with Gasteiger partial charge in [0.1, 0.15) is 0 Å². The number of methoxy groups -OCH3 is 1. The normalized spacial score (nSPS) is 10.9. The van der Waals surface area contributed by atoms with Crippen molar-refractivity contribution in [3.8, 4) is 11.5 Å². The molecule has 2 rings (SSSR count). The largest absolute Gasteiger partial charge is 0.493 e. The van der Waals surface area contributed by atoms with Crippen LogP contribution in [0.1, 0.15) is 48.5 Å². The Balaban J connectivity index is 1.99. The summed E-state index contributed by atoms with van der Waals surface area (Å²) in [6.07, 6.45) is 5.97. The highest BCUT2D eigenvalue weighted by atomic mass is 79.9. The molecule has 1 N–H and O–H groups in total. The van der Waals surface area contributed by atoms with Crippen LogP contribution < -0.4 is 14.9 Å². The summed E-state index contributed by atoms with van der Waals surface area (Å²) >= 11 is 9.68. The fraction of sp³-hybridized carbons (Fsp3) is 0.333. The smallest absolute Gasteiger partial charge is 0.271 e. The minimum atomic E-state index is -0.297. The van der Waals surface area contributed by atoms with Crippen LogP contribution >= 0.6 is 27.5 Å². The highest BCUT2D eigenvalue weighted by molar-refractivity contribution is 9.10. The first-order chi connectivity index (χ1) is 13.5. The van der Waals surface area contributed by atoms with E-state index in [1.165, 1.54) is 19.1 Å². The maximum Gasteiger partial charge on any atom is 0.271 e. The summed E-state index contributed by atoms with van der Waals surface area (Å²) in [7, 11) is 1.56. The Morgan fingerprint density at radius 2 is 1.96 bits per heavy atom. The van der Waals surface area contributed by atoms with E-state index in [4.69, 9.17) is 21.1 Å². The number of nitrogens with one attached hydrogen (secondary N) is 1. The average Bonchev–Trinajstić information content (AvgIpc) is 2.69. The number of amides is 1. The lowest BCUT2D eigenvalue weighted by Gasteiger charge is -2.13. The van der Waals surface area contributed by atoms with Gasteiger partial charge in [-0.2, -0.15) is 5.10 Å². The van der Waals surface area contributed by atoms with E-state index in [1.54, 1.807) is 43.5 Å². The van der Waals surface area contributed by atoms with Crippen LogP contribution in [0, 0.1) is 0 Å². The lowest BCUT2D eigenvalue weighted by Crippen LogP contribution is -2.17. The van der Waals surface area contributed by atoms with Crippen molar-refractivity contribution in [3.63, 3.8) is 0 Å². The molecule has 0 saturated heterocycles. The molecule has 2 aromatic rings. The predicted molar refractivity (Wildman–Crippen MR) is 117 cm³/mol. The fourth-order valence-corrected chi connectivity index (χ4v) is 3.03. The van der Waals surface area contributed by atoms with Crippen LogP contribution in [0.5, 0.6) is 11.5 Å². The van der Waals surface area contributed by atoms with Gasteiger partial charge in [-0.25, -0.2) is 5.43 Å². The topological polar surface area (TPSA) is 59.9 Å². The lowest BCUT2D eigenvalue weighted by molar-refractivity contribution is 0.0955. The van der Waals surface area contributed by atoms with E-state index >= 15 is 0 Å². The molecule has 1 amide bonds. The molecule has 0 heterocycles. The molecule has 0 spiro atoms. The number of halogens is 2. The molecule has 0 fully saturated rings. The number of hydrogen-bond donors (Lipinski definition) is 1. The van der Waals surface area contributed by atoms with Gasteiger partial charge in [-0.05, 0) is 48.4 Å². The number of ether oxygens (including phenoxy) is 2. The van der Waals surface area contributed by atoms with Crippen molar-refractivity contribution >= 4 is 39.7 Å². The van der Waals surface area contributed by atoms with Crippen molar-refractivity contribution in [2.75, 3.05) is 13.7 Å². The van der Waals surface area contributed by atoms with E-state index in [9.17, 15) is 4.79 Å². The summed E-state index contributed by atoms with van der Waals surface area (Å²) in [4.78, 5) is 12.1. The number of rotatable bonds is 10. The number of carbonyl (C=O) groups is 1. The maximum atomic E-state index is 12.1. The van der Waals surface area contributed by atoms with E-state index < -0.39 is 0 Å². The second kappa shape index (κ2) is 11.7. The van der Waals surface area contributed by atoms with E-state index in [0.717, 1.165) is 17.3 Å². The van der Waals surface area contributed by atoms with Crippen molar-refractivity contribution in [2.45, 2.75) is 32.6 Å². The zero-order chi connectivity index (χ0) is 20.4. The Morgan fingerprint density at radius 3 is 2.64 bits per heavy atom. The fourth-order valence-electron chi connectivity index (χ4n) is 2.49. The second-order valence-corrected chi connectivity index (χ2v) is 7.47. The van der Waals surface area contributed by atoms with Crippen LogP contribution in [0.25, 0.3) is 0 Å². The van der Waals surface area contributed by atoms with Crippen molar-refractivity contribution in [3.05, 3.63) is 57.0 Å². The molecular weight excluding hydrogens is 444 g/mol. The van der Waals surface area contributed by atoms with E-state index in [2.05, 4.69) is 33.4 Å². The number of hydrogen-bond acceptors (Lipinski definition) is 4. The average molecular weight is 468 g/mol. The minimum absolute atomic E-state index is 0.297. The first kappa shape index (κ1) is 22.2. The molecule has 5 nitrogen and oxygen atoms in total. The summed E-state index contributed by atoms with van der Waals surface area (Å²) in [5.74, 6) is 0.759. The summed E-state index contributed by atoms with van der Waals surface area (Å²) in [5.41, 5.74) is 3.70. The third kappa shape index (κ3) is 6.84. The second-order valence-electron chi connectivity index (χ2n) is 6.15. The van der Waals surface area contributed by atoms with Gasteiger partial charge in [0.15, 0.2) is 11.5 Å². The van der Waals surface area contributed by atoms with E-state index in [0.29, 0.717) is 34.3 Å². The van der Waals surface area contributed by atoms with Crippen molar-refractivity contribution in [1.29, 1.82) is 0 Å². The molecular formula is C21H24BrClN2O3. The van der Waals surface area contributed by atoms with Gasteiger partial charge in [0.25, 0.3) is 5.91 Å². The van der Waals surface area contributed by atoms with Crippen LogP contribution in [0.2, 0.25) is 5.02 Å². The van der Waals surface area contributed by atoms with Gasteiger partial charge in [-0.15, -0.1) is 0 Å². The van der Waals surface area contributed by atoms with Crippen molar-refractivity contribution < 1.29 is 14.3 Å². The summed E-state index contributed by atoms with van der Waals surface area (Å²) in [6, 6.07) is 10.5. The SMILES string of the molecule is CCCCCCOc1c(Cl)cc(/C=N/NC(=O)c2ccc(Br)cc2)cc1OC. The van der Waals surface area contributed by atoms with Gasteiger partial charge < -0.3 is 9.47 Å². The molecule has 0 unspecified atom stereocenters. The Labute approximate surface area is 179 Å². The molecule has 0 radical (unpaired) electrons.